The molecular weight excluding hydrogens is 284 g/mol. The number of hydrogen-bond donors (Lipinski definition) is 1. The van der Waals surface area contributed by atoms with Crippen molar-refractivity contribution in [3.8, 4) is 28.5 Å². The van der Waals surface area contributed by atoms with Crippen molar-refractivity contribution < 1.29 is 14.2 Å². The number of ether oxygens (including phenoxy) is 3. The van der Waals surface area contributed by atoms with Crippen molar-refractivity contribution in [2.45, 2.75) is 13.5 Å². The van der Waals surface area contributed by atoms with Crippen molar-refractivity contribution in [2.75, 3.05) is 27.1 Å². The first-order valence-electron chi connectivity index (χ1n) is 6.87. The van der Waals surface area contributed by atoms with Gasteiger partial charge in [-0.2, -0.15) is 0 Å². The third kappa shape index (κ3) is 2.47. The minimum atomic E-state index is -0.225. The van der Waals surface area contributed by atoms with E-state index in [2.05, 4.69) is 0 Å². The standard InChI is InChI=1S/C16H20N2O4/c1-5-18-12(8-7-11(17)16(18)19)10-6-9-13(20-2)15(22-4)14(10)21-3/h6-9H,5,17H2,1-4H3. The highest BCUT2D eigenvalue weighted by molar-refractivity contribution is 5.75. The topological polar surface area (TPSA) is 75.7 Å². The Morgan fingerprint density at radius 2 is 1.68 bits per heavy atom. The molecule has 6 heteroatoms. The number of methoxy groups -OCH3 is 3. The first-order chi connectivity index (χ1) is 10.6. The molecule has 0 atom stereocenters. The Bertz CT molecular complexity index is 738. The molecule has 0 fully saturated rings. The molecule has 0 saturated heterocycles. The zero-order chi connectivity index (χ0) is 16.3. The van der Waals surface area contributed by atoms with Gasteiger partial charge in [-0.15, -0.1) is 0 Å². The number of nitrogens with two attached hydrogens (primary N) is 1. The third-order valence-corrected chi connectivity index (χ3v) is 3.50. The Hall–Kier alpha value is -2.63. The Labute approximate surface area is 129 Å². The molecule has 0 unspecified atom stereocenters. The monoisotopic (exact) mass is 304 g/mol. The lowest BCUT2D eigenvalue weighted by Gasteiger charge is -2.18. The van der Waals surface area contributed by atoms with Crippen LogP contribution in [0.1, 0.15) is 6.92 Å². The van der Waals surface area contributed by atoms with Crippen molar-refractivity contribution in [3.63, 3.8) is 0 Å². The predicted octanol–water partition coefficient (Wildman–Crippen LogP) is 2.14. The normalized spacial score (nSPS) is 10.4. The summed E-state index contributed by atoms with van der Waals surface area (Å²) in [5.41, 5.74) is 7.14. The van der Waals surface area contributed by atoms with Crippen LogP contribution in [-0.4, -0.2) is 25.9 Å². The first kappa shape index (κ1) is 15.8. The molecular formula is C16H20N2O4. The highest BCUT2D eigenvalue weighted by Crippen LogP contribution is 2.43. The quantitative estimate of drug-likeness (QED) is 0.916. The van der Waals surface area contributed by atoms with Gasteiger partial charge >= 0.3 is 0 Å². The second-order valence-electron chi connectivity index (χ2n) is 4.61. The largest absolute Gasteiger partial charge is 0.493 e. The van der Waals surface area contributed by atoms with E-state index < -0.39 is 0 Å². The van der Waals surface area contributed by atoms with Crippen LogP contribution in [0.4, 0.5) is 5.69 Å². The molecule has 0 spiro atoms. The lowest BCUT2D eigenvalue weighted by molar-refractivity contribution is 0.325. The average Bonchev–Trinajstić information content (AvgIpc) is 2.55. The van der Waals surface area contributed by atoms with Gasteiger partial charge in [0.15, 0.2) is 11.5 Å². The molecule has 2 rings (SSSR count). The fourth-order valence-electron chi connectivity index (χ4n) is 2.45. The molecule has 1 heterocycles. The molecule has 1 aromatic carbocycles. The van der Waals surface area contributed by atoms with Crippen molar-refractivity contribution in [2.24, 2.45) is 0 Å². The molecule has 2 aromatic rings. The number of hydrogen-bond acceptors (Lipinski definition) is 5. The van der Waals surface area contributed by atoms with Crippen LogP contribution in [0.3, 0.4) is 0 Å². The summed E-state index contributed by atoms with van der Waals surface area (Å²) in [6.07, 6.45) is 0. The van der Waals surface area contributed by atoms with Crippen LogP contribution in [0.2, 0.25) is 0 Å². The van der Waals surface area contributed by atoms with E-state index in [1.54, 1.807) is 44.1 Å². The molecule has 0 aliphatic rings. The maximum atomic E-state index is 12.2. The maximum Gasteiger partial charge on any atom is 0.274 e. The van der Waals surface area contributed by atoms with E-state index in [1.807, 2.05) is 13.0 Å². The summed E-state index contributed by atoms with van der Waals surface area (Å²) in [5.74, 6) is 1.55. The summed E-state index contributed by atoms with van der Waals surface area (Å²) in [6.45, 7) is 2.38. The van der Waals surface area contributed by atoms with Gasteiger partial charge in [0.1, 0.15) is 0 Å². The Kier molecular flexibility index (Phi) is 4.60. The zero-order valence-corrected chi connectivity index (χ0v) is 13.2. The van der Waals surface area contributed by atoms with Crippen molar-refractivity contribution in [3.05, 3.63) is 34.6 Å². The molecule has 0 aliphatic carbocycles. The second-order valence-corrected chi connectivity index (χ2v) is 4.61. The summed E-state index contributed by atoms with van der Waals surface area (Å²) < 4.78 is 17.7. The highest BCUT2D eigenvalue weighted by atomic mass is 16.5. The fourth-order valence-corrected chi connectivity index (χ4v) is 2.45. The van der Waals surface area contributed by atoms with Gasteiger partial charge in [0.2, 0.25) is 5.75 Å². The van der Waals surface area contributed by atoms with E-state index in [0.29, 0.717) is 29.5 Å². The molecule has 6 nitrogen and oxygen atoms in total. The van der Waals surface area contributed by atoms with E-state index >= 15 is 0 Å². The Balaban J connectivity index is 2.79. The van der Waals surface area contributed by atoms with Crippen LogP contribution >= 0.6 is 0 Å². The number of aromatic nitrogens is 1. The molecule has 0 radical (unpaired) electrons. The summed E-state index contributed by atoms with van der Waals surface area (Å²) in [4.78, 5) is 12.2. The van der Waals surface area contributed by atoms with Crippen LogP contribution in [0.15, 0.2) is 29.1 Å². The number of pyridine rings is 1. The number of nitrogens with zero attached hydrogens (tertiary/aromatic N) is 1. The summed E-state index contributed by atoms with van der Waals surface area (Å²) in [6, 6.07) is 7.00. The van der Waals surface area contributed by atoms with E-state index in [0.717, 1.165) is 5.56 Å². The van der Waals surface area contributed by atoms with Gasteiger partial charge in [-0.25, -0.2) is 0 Å². The molecule has 22 heavy (non-hydrogen) atoms. The van der Waals surface area contributed by atoms with E-state index in [-0.39, 0.29) is 11.2 Å². The van der Waals surface area contributed by atoms with E-state index in [4.69, 9.17) is 19.9 Å². The van der Waals surface area contributed by atoms with Crippen molar-refractivity contribution >= 4 is 5.69 Å². The average molecular weight is 304 g/mol. The molecule has 2 N–H and O–H groups in total. The lowest BCUT2D eigenvalue weighted by atomic mass is 10.1. The number of benzene rings is 1. The van der Waals surface area contributed by atoms with E-state index in [9.17, 15) is 4.79 Å². The smallest absolute Gasteiger partial charge is 0.274 e. The van der Waals surface area contributed by atoms with Gasteiger partial charge < -0.3 is 24.5 Å². The maximum absolute atomic E-state index is 12.2. The summed E-state index contributed by atoms with van der Waals surface area (Å²) >= 11 is 0. The van der Waals surface area contributed by atoms with Gasteiger partial charge in [-0.05, 0) is 31.2 Å². The van der Waals surface area contributed by atoms with Gasteiger partial charge in [0, 0.05) is 12.1 Å². The van der Waals surface area contributed by atoms with Crippen LogP contribution in [-0.2, 0) is 6.54 Å². The minimum Gasteiger partial charge on any atom is -0.493 e. The van der Waals surface area contributed by atoms with Gasteiger partial charge in [-0.1, -0.05) is 0 Å². The van der Waals surface area contributed by atoms with Crippen LogP contribution in [0, 0.1) is 0 Å². The van der Waals surface area contributed by atoms with Gasteiger partial charge in [0.05, 0.1) is 32.7 Å². The molecule has 118 valence electrons. The second kappa shape index (κ2) is 6.43. The number of nitrogen functional groups attached to an aromatic ring is 1. The Morgan fingerprint density at radius 1 is 1.00 bits per heavy atom. The number of rotatable bonds is 5. The summed E-state index contributed by atoms with van der Waals surface area (Å²) in [7, 11) is 4.65. The molecule has 0 amide bonds. The molecule has 0 aliphatic heterocycles. The predicted molar refractivity (Wildman–Crippen MR) is 85.9 cm³/mol. The molecule has 0 saturated carbocycles. The lowest BCUT2D eigenvalue weighted by Crippen LogP contribution is -2.23. The summed E-state index contributed by atoms with van der Waals surface area (Å²) in [5, 5.41) is 0. The third-order valence-electron chi connectivity index (χ3n) is 3.50. The Morgan fingerprint density at radius 3 is 2.23 bits per heavy atom. The van der Waals surface area contributed by atoms with Crippen LogP contribution < -0.4 is 25.5 Å². The first-order valence-corrected chi connectivity index (χ1v) is 6.87. The van der Waals surface area contributed by atoms with Gasteiger partial charge in [-0.3, -0.25) is 4.79 Å². The fraction of sp³-hybridized carbons (Fsp3) is 0.312. The van der Waals surface area contributed by atoms with Gasteiger partial charge in [0.25, 0.3) is 5.56 Å². The minimum absolute atomic E-state index is 0.213. The highest BCUT2D eigenvalue weighted by Gasteiger charge is 2.19. The van der Waals surface area contributed by atoms with Crippen molar-refractivity contribution in [1.29, 1.82) is 0 Å². The van der Waals surface area contributed by atoms with E-state index in [1.165, 1.54) is 0 Å². The number of anilines is 1. The molecule has 0 bridgehead atoms. The van der Waals surface area contributed by atoms with Crippen molar-refractivity contribution in [1.82, 2.24) is 4.57 Å². The molecule has 1 aromatic heterocycles. The zero-order valence-electron chi connectivity index (χ0n) is 13.2. The van der Waals surface area contributed by atoms with Crippen LogP contribution in [0.5, 0.6) is 17.2 Å². The SMILES string of the molecule is CCn1c(-c2ccc(OC)c(OC)c2OC)ccc(N)c1=O. The van der Waals surface area contributed by atoms with Crippen LogP contribution in [0.25, 0.3) is 11.3 Å².